The summed E-state index contributed by atoms with van der Waals surface area (Å²) in [5.41, 5.74) is 2.78. The van der Waals surface area contributed by atoms with Crippen LogP contribution < -0.4 is 10.6 Å². The molecule has 3 aromatic rings. The number of benzene rings is 1. The normalized spacial score (nSPS) is 13.4. The second kappa shape index (κ2) is 8.66. The van der Waals surface area contributed by atoms with Gasteiger partial charge in [-0.2, -0.15) is 15.4 Å². The van der Waals surface area contributed by atoms with Crippen molar-refractivity contribution in [3.63, 3.8) is 0 Å². The molecule has 2 heterocycles. The molecular formula is C19H18F2N6O2S. The van der Waals surface area contributed by atoms with Gasteiger partial charge in [0.1, 0.15) is 0 Å². The van der Waals surface area contributed by atoms with E-state index >= 15 is 0 Å². The Morgan fingerprint density at radius 2 is 1.70 bits per heavy atom. The first-order valence-corrected chi connectivity index (χ1v) is 10.1. The lowest BCUT2D eigenvalue weighted by Crippen LogP contribution is -2.24. The molecule has 4 rings (SSSR count). The highest BCUT2D eigenvalue weighted by Crippen LogP contribution is 2.39. The molecule has 0 saturated heterocycles. The van der Waals surface area contributed by atoms with Crippen molar-refractivity contribution >= 4 is 23.2 Å². The maximum atomic E-state index is 12.6. The van der Waals surface area contributed by atoms with Gasteiger partial charge in [0.15, 0.2) is 10.7 Å². The molecule has 1 aromatic carbocycles. The number of hydrogen-bond acceptors (Lipinski definition) is 6. The number of alkyl halides is 2. The van der Waals surface area contributed by atoms with Crippen LogP contribution in [0, 0.1) is 0 Å². The zero-order valence-electron chi connectivity index (χ0n) is 15.7. The van der Waals surface area contributed by atoms with E-state index in [0.717, 1.165) is 35.9 Å². The molecule has 8 nitrogen and oxygen atoms in total. The van der Waals surface area contributed by atoms with Crippen LogP contribution in [-0.2, 0) is 13.1 Å². The van der Waals surface area contributed by atoms with Crippen LogP contribution in [0.1, 0.15) is 67.2 Å². The number of amides is 2. The van der Waals surface area contributed by atoms with Crippen LogP contribution in [0.4, 0.5) is 8.78 Å². The molecule has 0 aliphatic heterocycles. The quantitative estimate of drug-likeness (QED) is 0.507. The Morgan fingerprint density at radius 3 is 2.27 bits per heavy atom. The molecule has 0 atom stereocenters. The molecule has 156 valence electrons. The van der Waals surface area contributed by atoms with Crippen molar-refractivity contribution in [2.24, 2.45) is 0 Å². The van der Waals surface area contributed by atoms with Crippen LogP contribution in [-0.4, -0.2) is 32.2 Å². The van der Waals surface area contributed by atoms with Gasteiger partial charge in [-0.1, -0.05) is 24.3 Å². The molecule has 3 N–H and O–H groups in total. The lowest BCUT2D eigenvalue weighted by atomic mass is 10.1. The number of thiazole rings is 1. The molecule has 1 saturated carbocycles. The first kappa shape index (κ1) is 20.1. The van der Waals surface area contributed by atoms with Crippen LogP contribution >= 0.6 is 11.3 Å². The SMILES string of the molecule is O=C(NCc1ccc(CNC(=O)c2n[nH]nc2C2CC2)cc1)c1ncc(C(F)F)s1. The Hall–Kier alpha value is -3.21. The summed E-state index contributed by atoms with van der Waals surface area (Å²) < 4.78 is 25.2. The van der Waals surface area contributed by atoms with Gasteiger partial charge >= 0.3 is 0 Å². The fourth-order valence-corrected chi connectivity index (χ4v) is 3.53. The summed E-state index contributed by atoms with van der Waals surface area (Å²) >= 11 is 0.676. The summed E-state index contributed by atoms with van der Waals surface area (Å²) in [5, 5.41) is 16.0. The van der Waals surface area contributed by atoms with Gasteiger partial charge in [0, 0.05) is 25.2 Å². The van der Waals surface area contributed by atoms with E-state index in [-0.39, 0.29) is 22.3 Å². The number of nitrogens with one attached hydrogen (secondary N) is 3. The number of rotatable bonds is 8. The highest BCUT2D eigenvalue weighted by molar-refractivity contribution is 7.13. The average Bonchev–Trinajstić information content (AvgIpc) is 3.26. The third-order valence-electron chi connectivity index (χ3n) is 4.62. The highest BCUT2D eigenvalue weighted by atomic mass is 32.1. The molecule has 11 heteroatoms. The van der Waals surface area contributed by atoms with Crippen molar-refractivity contribution in [2.45, 2.75) is 38.3 Å². The minimum absolute atomic E-state index is 0.00283. The van der Waals surface area contributed by atoms with Crippen molar-refractivity contribution in [3.05, 3.63) is 62.9 Å². The third-order valence-corrected chi connectivity index (χ3v) is 5.62. The number of nitrogens with zero attached hydrogens (tertiary/aromatic N) is 3. The van der Waals surface area contributed by atoms with Crippen molar-refractivity contribution in [1.82, 2.24) is 31.0 Å². The minimum Gasteiger partial charge on any atom is -0.347 e. The van der Waals surface area contributed by atoms with Gasteiger partial charge in [0.05, 0.1) is 10.6 Å². The average molecular weight is 432 g/mol. The second-order valence-electron chi connectivity index (χ2n) is 6.88. The van der Waals surface area contributed by atoms with E-state index in [1.807, 2.05) is 24.3 Å². The Labute approximate surface area is 174 Å². The number of carbonyl (C=O) groups excluding carboxylic acids is 2. The molecule has 2 aromatic heterocycles. The third kappa shape index (κ3) is 4.67. The Kier molecular flexibility index (Phi) is 5.79. The fourth-order valence-electron chi connectivity index (χ4n) is 2.84. The summed E-state index contributed by atoms with van der Waals surface area (Å²) in [4.78, 5) is 27.8. The maximum Gasteiger partial charge on any atom is 0.280 e. The molecule has 0 radical (unpaired) electrons. The van der Waals surface area contributed by atoms with Crippen molar-refractivity contribution in [3.8, 4) is 0 Å². The van der Waals surface area contributed by atoms with E-state index in [2.05, 4.69) is 31.0 Å². The molecule has 30 heavy (non-hydrogen) atoms. The van der Waals surface area contributed by atoms with E-state index in [1.54, 1.807) is 0 Å². The van der Waals surface area contributed by atoms with E-state index in [4.69, 9.17) is 0 Å². The zero-order valence-corrected chi connectivity index (χ0v) is 16.5. The minimum atomic E-state index is -2.64. The Balaban J connectivity index is 1.27. The number of halogens is 2. The van der Waals surface area contributed by atoms with Gasteiger partial charge in [-0.15, -0.1) is 11.3 Å². The number of H-pyrrole nitrogens is 1. The second-order valence-corrected chi connectivity index (χ2v) is 7.94. The molecular weight excluding hydrogens is 414 g/mol. The van der Waals surface area contributed by atoms with Gasteiger partial charge in [0.2, 0.25) is 0 Å². The predicted octanol–water partition coefficient (Wildman–Crippen LogP) is 2.94. The summed E-state index contributed by atoms with van der Waals surface area (Å²) in [7, 11) is 0. The van der Waals surface area contributed by atoms with Crippen LogP contribution in [0.2, 0.25) is 0 Å². The molecule has 1 aliphatic carbocycles. The first-order valence-electron chi connectivity index (χ1n) is 9.30. The van der Waals surface area contributed by atoms with E-state index in [9.17, 15) is 18.4 Å². The van der Waals surface area contributed by atoms with Gasteiger partial charge in [-0.05, 0) is 24.0 Å². The lowest BCUT2D eigenvalue weighted by Gasteiger charge is -2.07. The topological polar surface area (TPSA) is 113 Å². The lowest BCUT2D eigenvalue weighted by molar-refractivity contribution is 0.0939. The number of aromatic amines is 1. The first-order chi connectivity index (χ1) is 14.5. The molecule has 0 unspecified atom stereocenters. The zero-order chi connectivity index (χ0) is 21.1. The molecule has 1 fully saturated rings. The fraction of sp³-hybridized carbons (Fsp3) is 0.316. The molecule has 1 aliphatic rings. The van der Waals surface area contributed by atoms with Crippen LogP contribution in [0.15, 0.2) is 30.5 Å². The molecule has 2 amide bonds. The predicted molar refractivity (Wildman–Crippen MR) is 104 cm³/mol. The van der Waals surface area contributed by atoms with Gasteiger partial charge in [-0.3, -0.25) is 9.59 Å². The number of aromatic nitrogens is 4. The van der Waals surface area contributed by atoms with Crippen molar-refractivity contribution in [2.75, 3.05) is 0 Å². The standard InChI is InChI=1S/C19H18F2N6O2S/c20-16(21)13-9-24-19(30-13)18(29)23-8-11-3-1-10(2-4-11)7-22-17(28)15-14(12-5-6-12)25-27-26-15/h1-4,9,12,16H,5-8H2,(H,22,28)(H,23,29)(H,25,26,27). The molecule has 0 bridgehead atoms. The summed E-state index contributed by atoms with van der Waals surface area (Å²) in [6.07, 6.45) is 0.434. The van der Waals surface area contributed by atoms with Crippen LogP contribution in [0.25, 0.3) is 0 Å². The Morgan fingerprint density at radius 1 is 1.07 bits per heavy atom. The monoisotopic (exact) mass is 432 g/mol. The smallest absolute Gasteiger partial charge is 0.280 e. The van der Waals surface area contributed by atoms with Gasteiger partial charge in [0.25, 0.3) is 18.2 Å². The molecule has 0 spiro atoms. The van der Waals surface area contributed by atoms with E-state index in [0.29, 0.717) is 29.5 Å². The number of carbonyl (C=O) groups is 2. The Bertz CT molecular complexity index is 1050. The van der Waals surface area contributed by atoms with Crippen molar-refractivity contribution < 1.29 is 18.4 Å². The summed E-state index contributed by atoms with van der Waals surface area (Å²) in [6.45, 7) is 0.566. The maximum absolute atomic E-state index is 12.6. The number of hydrogen-bond donors (Lipinski definition) is 3. The van der Waals surface area contributed by atoms with E-state index < -0.39 is 12.3 Å². The summed E-state index contributed by atoms with van der Waals surface area (Å²) in [5.74, 6) is -0.443. The van der Waals surface area contributed by atoms with Crippen LogP contribution in [0.3, 0.4) is 0 Å². The highest BCUT2D eigenvalue weighted by Gasteiger charge is 2.31. The summed E-state index contributed by atoms with van der Waals surface area (Å²) in [6, 6.07) is 7.31. The largest absolute Gasteiger partial charge is 0.347 e. The van der Waals surface area contributed by atoms with Gasteiger partial charge < -0.3 is 10.6 Å². The van der Waals surface area contributed by atoms with E-state index in [1.165, 1.54) is 0 Å². The van der Waals surface area contributed by atoms with Crippen molar-refractivity contribution in [1.29, 1.82) is 0 Å². The van der Waals surface area contributed by atoms with Crippen LogP contribution in [0.5, 0.6) is 0 Å². The van der Waals surface area contributed by atoms with Gasteiger partial charge in [-0.25, -0.2) is 13.8 Å².